The van der Waals surface area contributed by atoms with Gasteiger partial charge >= 0.3 is 5.63 Å². The van der Waals surface area contributed by atoms with Gasteiger partial charge in [-0.15, -0.1) is 0 Å². The largest absolute Gasteiger partial charge is 0.422 e. The van der Waals surface area contributed by atoms with E-state index in [9.17, 15) is 9.59 Å². The first kappa shape index (κ1) is 22.8. The van der Waals surface area contributed by atoms with Crippen molar-refractivity contribution in [2.45, 2.75) is 31.7 Å². The minimum Gasteiger partial charge on any atom is -0.422 e. The second-order valence-electron chi connectivity index (χ2n) is 9.56. The van der Waals surface area contributed by atoms with Crippen molar-refractivity contribution in [1.82, 2.24) is 9.80 Å². The predicted molar refractivity (Wildman–Crippen MR) is 132 cm³/mol. The summed E-state index contributed by atoms with van der Waals surface area (Å²) in [5.74, 6) is 0.0905. The minimum atomic E-state index is -0.583. The van der Waals surface area contributed by atoms with Gasteiger partial charge in [0.1, 0.15) is 11.1 Å². The average Bonchev–Trinajstić information content (AvgIpc) is 3.30. The molecular weight excluding hydrogens is 428 g/mol. The zero-order valence-electron chi connectivity index (χ0n) is 19.7. The van der Waals surface area contributed by atoms with E-state index in [1.807, 2.05) is 18.2 Å². The highest BCUT2D eigenvalue weighted by atomic mass is 16.5. The fraction of sp³-hybridized carbons (Fsp3) is 0.429. The monoisotopic (exact) mass is 460 g/mol. The number of hydrogen-bond donors (Lipinski definition) is 0. The van der Waals surface area contributed by atoms with Gasteiger partial charge in [0.15, 0.2) is 0 Å². The summed E-state index contributed by atoms with van der Waals surface area (Å²) in [5, 5.41) is 0.752. The maximum Gasteiger partial charge on any atom is 0.349 e. The molecule has 2 aliphatic rings. The number of carbonyl (C=O) groups is 1. The van der Waals surface area contributed by atoms with Crippen molar-refractivity contribution in [2.24, 2.45) is 5.92 Å². The molecule has 1 saturated heterocycles. The van der Waals surface area contributed by atoms with Crippen molar-refractivity contribution in [3.63, 3.8) is 0 Å². The molecule has 1 aromatic heterocycles. The normalized spacial score (nSPS) is 18.8. The number of fused-ring (bicyclic) bond motifs is 2. The smallest absolute Gasteiger partial charge is 0.349 e. The molecule has 2 heterocycles. The number of methoxy groups -OCH3 is 1. The topological polar surface area (TPSA) is 63.0 Å². The standard InChI is InChI=1S/C28H32N2O4/c1-33-14-13-30(27(31)25-17-23-10-4-5-11-26(23)34-28(25)32)19-20-7-6-12-29(18-20)24-15-21-8-2-3-9-22(21)16-24/h2-5,8-11,17,20,24H,6-7,12-16,18-19H2,1H3. The fourth-order valence-corrected chi connectivity index (χ4v) is 5.54. The van der Waals surface area contributed by atoms with Gasteiger partial charge in [0, 0.05) is 38.2 Å². The van der Waals surface area contributed by atoms with Crippen LogP contribution in [0.4, 0.5) is 0 Å². The van der Waals surface area contributed by atoms with E-state index in [0.29, 0.717) is 37.2 Å². The summed E-state index contributed by atoms with van der Waals surface area (Å²) in [7, 11) is 1.63. The van der Waals surface area contributed by atoms with Crippen molar-refractivity contribution in [3.05, 3.63) is 81.7 Å². The third-order valence-corrected chi connectivity index (χ3v) is 7.30. The third-order valence-electron chi connectivity index (χ3n) is 7.30. The Morgan fingerprint density at radius 1 is 1.12 bits per heavy atom. The zero-order chi connectivity index (χ0) is 23.5. The van der Waals surface area contributed by atoms with Gasteiger partial charge in [-0.25, -0.2) is 4.79 Å². The average molecular weight is 461 g/mol. The van der Waals surface area contributed by atoms with Gasteiger partial charge in [-0.1, -0.05) is 42.5 Å². The zero-order valence-corrected chi connectivity index (χ0v) is 19.7. The van der Waals surface area contributed by atoms with Gasteiger partial charge in [-0.3, -0.25) is 9.69 Å². The van der Waals surface area contributed by atoms with E-state index in [0.717, 1.165) is 44.2 Å². The molecule has 1 amide bonds. The molecule has 1 atom stereocenters. The maximum absolute atomic E-state index is 13.5. The molecule has 0 radical (unpaired) electrons. The molecule has 0 spiro atoms. The number of ether oxygens (including phenoxy) is 1. The van der Waals surface area contributed by atoms with Crippen LogP contribution in [0.15, 0.2) is 63.8 Å². The van der Waals surface area contributed by atoms with Crippen LogP contribution in [0.1, 0.15) is 34.3 Å². The second-order valence-corrected chi connectivity index (χ2v) is 9.56. The summed E-state index contributed by atoms with van der Waals surface area (Å²) in [6.07, 6.45) is 4.42. The Hall–Kier alpha value is -2.96. The molecule has 5 rings (SSSR count). The number of likely N-dealkylation sites (tertiary alicyclic amines) is 1. The van der Waals surface area contributed by atoms with E-state index in [4.69, 9.17) is 9.15 Å². The number of rotatable bonds is 7. The van der Waals surface area contributed by atoms with Crippen LogP contribution in [0, 0.1) is 5.92 Å². The lowest BCUT2D eigenvalue weighted by Crippen LogP contribution is -2.48. The molecule has 2 aromatic carbocycles. The first-order chi connectivity index (χ1) is 16.6. The highest BCUT2D eigenvalue weighted by Gasteiger charge is 2.32. The van der Waals surface area contributed by atoms with Crippen LogP contribution in [-0.4, -0.2) is 61.6 Å². The molecule has 1 fully saturated rings. The predicted octanol–water partition coefficient (Wildman–Crippen LogP) is 3.76. The SMILES string of the molecule is COCCN(CC1CCCN(C2Cc3ccccc3C2)C1)C(=O)c1cc2ccccc2oc1=O. The maximum atomic E-state index is 13.5. The summed E-state index contributed by atoms with van der Waals surface area (Å²) in [5.41, 5.74) is 2.94. The fourth-order valence-electron chi connectivity index (χ4n) is 5.54. The molecule has 0 saturated carbocycles. The van der Waals surface area contributed by atoms with Crippen LogP contribution in [0.3, 0.4) is 0 Å². The van der Waals surface area contributed by atoms with Crippen LogP contribution in [0.5, 0.6) is 0 Å². The molecular formula is C28H32N2O4. The molecule has 0 N–H and O–H groups in total. The van der Waals surface area contributed by atoms with E-state index < -0.39 is 5.63 Å². The van der Waals surface area contributed by atoms with Crippen molar-refractivity contribution in [3.8, 4) is 0 Å². The Bertz CT molecular complexity index is 1200. The first-order valence-corrected chi connectivity index (χ1v) is 12.2. The lowest BCUT2D eigenvalue weighted by atomic mass is 9.95. The van der Waals surface area contributed by atoms with Gasteiger partial charge in [-0.05, 0) is 61.4 Å². The molecule has 1 aliphatic heterocycles. The number of carbonyl (C=O) groups excluding carboxylic acids is 1. The lowest BCUT2D eigenvalue weighted by molar-refractivity contribution is 0.0570. The van der Waals surface area contributed by atoms with Gasteiger partial charge in [0.25, 0.3) is 5.91 Å². The quantitative estimate of drug-likeness (QED) is 0.503. The van der Waals surface area contributed by atoms with Crippen molar-refractivity contribution in [1.29, 1.82) is 0 Å². The summed E-state index contributed by atoms with van der Waals surface area (Å²) >= 11 is 0. The van der Waals surface area contributed by atoms with Crippen molar-refractivity contribution in [2.75, 3.05) is 39.9 Å². The molecule has 6 nitrogen and oxygen atoms in total. The Kier molecular flexibility index (Phi) is 6.79. The van der Waals surface area contributed by atoms with E-state index in [1.54, 1.807) is 24.1 Å². The van der Waals surface area contributed by atoms with Crippen molar-refractivity contribution < 1.29 is 13.9 Å². The van der Waals surface area contributed by atoms with Crippen LogP contribution < -0.4 is 5.63 Å². The van der Waals surface area contributed by atoms with Gasteiger partial charge in [0.05, 0.1) is 6.61 Å². The Morgan fingerprint density at radius 2 is 1.85 bits per heavy atom. The number of benzene rings is 2. The minimum absolute atomic E-state index is 0.0914. The number of amides is 1. The van der Waals surface area contributed by atoms with Crippen LogP contribution in [0.2, 0.25) is 0 Å². The highest BCUT2D eigenvalue weighted by Crippen LogP contribution is 2.29. The number of para-hydroxylation sites is 1. The second kappa shape index (κ2) is 10.1. The number of nitrogens with zero attached hydrogens (tertiary/aromatic N) is 2. The first-order valence-electron chi connectivity index (χ1n) is 12.2. The number of piperidine rings is 1. The van der Waals surface area contributed by atoms with Crippen LogP contribution >= 0.6 is 0 Å². The molecule has 6 heteroatoms. The van der Waals surface area contributed by atoms with E-state index in [1.165, 1.54) is 11.1 Å². The van der Waals surface area contributed by atoms with E-state index in [-0.39, 0.29) is 11.5 Å². The Balaban J connectivity index is 1.30. The summed E-state index contributed by atoms with van der Waals surface area (Å²) in [6, 6.07) is 18.2. The van der Waals surface area contributed by atoms with Gasteiger partial charge < -0.3 is 14.1 Å². The van der Waals surface area contributed by atoms with Gasteiger partial charge in [0.2, 0.25) is 0 Å². The summed E-state index contributed by atoms with van der Waals surface area (Å²) < 4.78 is 10.7. The highest BCUT2D eigenvalue weighted by molar-refractivity contribution is 5.96. The van der Waals surface area contributed by atoms with Crippen molar-refractivity contribution >= 4 is 16.9 Å². The Morgan fingerprint density at radius 3 is 2.62 bits per heavy atom. The third kappa shape index (κ3) is 4.79. The molecule has 1 unspecified atom stereocenters. The lowest BCUT2D eigenvalue weighted by Gasteiger charge is -2.38. The van der Waals surface area contributed by atoms with Crippen LogP contribution in [0.25, 0.3) is 11.0 Å². The van der Waals surface area contributed by atoms with E-state index in [2.05, 4.69) is 29.2 Å². The number of hydrogen-bond acceptors (Lipinski definition) is 5. The summed E-state index contributed by atoms with van der Waals surface area (Å²) in [6.45, 7) is 3.58. The van der Waals surface area contributed by atoms with Gasteiger partial charge in [-0.2, -0.15) is 0 Å². The van der Waals surface area contributed by atoms with Crippen LogP contribution in [-0.2, 0) is 17.6 Å². The summed E-state index contributed by atoms with van der Waals surface area (Å²) in [4.78, 5) is 30.5. The molecule has 1 aliphatic carbocycles. The molecule has 34 heavy (non-hydrogen) atoms. The molecule has 178 valence electrons. The molecule has 3 aromatic rings. The van der Waals surface area contributed by atoms with E-state index >= 15 is 0 Å². The Labute approximate surface area is 200 Å². The molecule has 0 bridgehead atoms.